The minimum absolute atomic E-state index is 0.0882. The summed E-state index contributed by atoms with van der Waals surface area (Å²) in [5.41, 5.74) is 2.74. The molecule has 0 spiro atoms. The quantitative estimate of drug-likeness (QED) is 0.449. The van der Waals surface area contributed by atoms with Gasteiger partial charge in [0.15, 0.2) is 0 Å². The van der Waals surface area contributed by atoms with E-state index < -0.39 is 0 Å². The number of hydrogen-bond acceptors (Lipinski definition) is 5. The summed E-state index contributed by atoms with van der Waals surface area (Å²) in [4.78, 5) is 23.1. The van der Waals surface area contributed by atoms with Crippen LogP contribution in [-0.4, -0.2) is 27.2 Å². The average Bonchev–Trinajstić information content (AvgIpc) is 2.87. The Morgan fingerprint density at radius 2 is 1.69 bits per heavy atom. The molecule has 35 heavy (non-hydrogen) atoms. The number of nitrogens with zero attached hydrogens (tertiary/aromatic N) is 4. The van der Waals surface area contributed by atoms with E-state index in [4.69, 9.17) is 9.72 Å². The minimum Gasteiger partial charge on any atom is -0.457 e. The molecule has 5 rings (SSSR count). The molecule has 1 fully saturated rings. The highest BCUT2D eigenvalue weighted by Crippen LogP contribution is 2.37. The van der Waals surface area contributed by atoms with Crippen LogP contribution in [0.4, 0.5) is 11.6 Å². The van der Waals surface area contributed by atoms with E-state index in [0.29, 0.717) is 31.0 Å². The molecule has 3 aromatic rings. The molecule has 0 saturated heterocycles. The molecule has 3 atom stereocenters. The van der Waals surface area contributed by atoms with Gasteiger partial charge in [0.05, 0.1) is 13.3 Å². The Labute approximate surface area is 208 Å². The summed E-state index contributed by atoms with van der Waals surface area (Å²) in [6, 6.07) is 18.4. The van der Waals surface area contributed by atoms with Gasteiger partial charge in [0.1, 0.15) is 11.5 Å². The van der Waals surface area contributed by atoms with Crippen LogP contribution in [0.1, 0.15) is 51.3 Å². The Kier molecular flexibility index (Phi) is 6.65. The summed E-state index contributed by atoms with van der Waals surface area (Å²) in [7, 11) is 0. The number of aryl methyl sites for hydroxylation is 1. The summed E-state index contributed by atoms with van der Waals surface area (Å²) < 4.78 is 7.89. The molecule has 3 unspecified atom stereocenters. The molecule has 2 aliphatic rings. The Balaban J connectivity index is 1.51. The molecule has 1 aliphatic carbocycles. The number of para-hydroxylation sites is 1. The predicted octanol–water partition coefficient (Wildman–Crippen LogP) is 6.10. The van der Waals surface area contributed by atoms with E-state index in [1.807, 2.05) is 60.9 Å². The standard InChI is InChI=1S/C29H36N4O2/c1-5-26-22(4)30-29-32(23-14-16-25(17-15-23)35-24-11-7-6-8-12-24)18-31(19-33(29)28(26)34)27-13-9-10-20(2)21(27)3/h6-8,11-12,14-17,20-21,27H,5,9-10,13,18-19H2,1-4H3. The molecular weight excluding hydrogens is 436 g/mol. The molecule has 0 amide bonds. The lowest BCUT2D eigenvalue weighted by Gasteiger charge is -2.46. The SMILES string of the molecule is CCc1c(C)nc2n(c1=O)CN(C1CCCC(C)C1C)CN2c1ccc(Oc2ccccc2)cc1. The van der Waals surface area contributed by atoms with Crippen molar-refractivity contribution in [1.29, 1.82) is 0 Å². The number of rotatable bonds is 5. The fourth-order valence-corrected chi connectivity index (χ4v) is 5.69. The number of aromatic nitrogens is 2. The number of anilines is 2. The van der Waals surface area contributed by atoms with Crippen LogP contribution in [0.25, 0.3) is 0 Å². The van der Waals surface area contributed by atoms with Crippen molar-refractivity contribution < 1.29 is 4.74 Å². The first-order valence-corrected chi connectivity index (χ1v) is 12.9. The second kappa shape index (κ2) is 9.86. The lowest BCUT2D eigenvalue weighted by Crippen LogP contribution is -2.54. The van der Waals surface area contributed by atoms with Crippen LogP contribution >= 0.6 is 0 Å². The Morgan fingerprint density at radius 3 is 2.40 bits per heavy atom. The van der Waals surface area contributed by atoms with Gasteiger partial charge in [0, 0.05) is 23.0 Å². The average molecular weight is 473 g/mol. The van der Waals surface area contributed by atoms with E-state index in [2.05, 4.69) is 35.8 Å². The van der Waals surface area contributed by atoms with Crippen molar-refractivity contribution in [1.82, 2.24) is 14.5 Å². The van der Waals surface area contributed by atoms with Crippen LogP contribution in [0.2, 0.25) is 0 Å². The highest BCUT2D eigenvalue weighted by Gasteiger charge is 2.36. The summed E-state index contributed by atoms with van der Waals surface area (Å²) in [5, 5.41) is 0. The summed E-state index contributed by atoms with van der Waals surface area (Å²) >= 11 is 0. The summed E-state index contributed by atoms with van der Waals surface area (Å²) in [6.07, 6.45) is 4.40. The molecule has 6 nitrogen and oxygen atoms in total. The lowest BCUT2D eigenvalue weighted by atomic mass is 9.77. The highest BCUT2D eigenvalue weighted by atomic mass is 16.5. The minimum atomic E-state index is 0.0882. The number of benzene rings is 2. The van der Waals surface area contributed by atoms with Crippen molar-refractivity contribution in [2.45, 2.75) is 66.1 Å². The van der Waals surface area contributed by atoms with Crippen LogP contribution in [0.5, 0.6) is 11.5 Å². The van der Waals surface area contributed by atoms with Gasteiger partial charge in [0.2, 0.25) is 5.95 Å². The van der Waals surface area contributed by atoms with Crippen molar-refractivity contribution in [3.63, 3.8) is 0 Å². The molecule has 1 saturated carbocycles. The van der Waals surface area contributed by atoms with Gasteiger partial charge in [-0.15, -0.1) is 0 Å². The highest BCUT2D eigenvalue weighted by molar-refractivity contribution is 5.59. The molecule has 0 N–H and O–H groups in total. The van der Waals surface area contributed by atoms with E-state index in [9.17, 15) is 4.79 Å². The van der Waals surface area contributed by atoms with Crippen LogP contribution in [0, 0.1) is 18.8 Å². The molecular formula is C29H36N4O2. The molecule has 0 radical (unpaired) electrons. The largest absolute Gasteiger partial charge is 0.457 e. The van der Waals surface area contributed by atoms with Gasteiger partial charge in [-0.3, -0.25) is 19.2 Å². The van der Waals surface area contributed by atoms with Gasteiger partial charge in [-0.05, 0) is 68.0 Å². The number of hydrogen-bond donors (Lipinski definition) is 0. The maximum Gasteiger partial charge on any atom is 0.259 e. The van der Waals surface area contributed by atoms with Crippen LogP contribution in [0.3, 0.4) is 0 Å². The molecule has 1 aliphatic heterocycles. The summed E-state index contributed by atoms with van der Waals surface area (Å²) in [5.74, 6) is 3.61. The van der Waals surface area contributed by atoms with Crippen molar-refractivity contribution in [3.8, 4) is 11.5 Å². The first-order valence-electron chi connectivity index (χ1n) is 12.9. The van der Waals surface area contributed by atoms with E-state index in [-0.39, 0.29) is 5.56 Å². The molecule has 2 aromatic carbocycles. The van der Waals surface area contributed by atoms with Gasteiger partial charge in [0.25, 0.3) is 5.56 Å². The fourth-order valence-electron chi connectivity index (χ4n) is 5.69. The van der Waals surface area contributed by atoms with Crippen molar-refractivity contribution in [2.75, 3.05) is 11.6 Å². The second-order valence-corrected chi connectivity index (χ2v) is 10.1. The van der Waals surface area contributed by atoms with Crippen molar-refractivity contribution in [3.05, 3.63) is 76.2 Å². The third kappa shape index (κ3) is 4.59. The first-order chi connectivity index (χ1) is 17.0. The second-order valence-electron chi connectivity index (χ2n) is 10.1. The topological polar surface area (TPSA) is 50.6 Å². The van der Waals surface area contributed by atoms with Gasteiger partial charge < -0.3 is 4.74 Å². The zero-order chi connectivity index (χ0) is 24.5. The van der Waals surface area contributed by atoms with E-state index in [1.165, 1.54) is 19.3 Å². The molecule has 2 heterocycles. The van der Waals surface area contributed by atoms with Crippen LogP contribution < -0.4 is 15.2 Å². The van der Waals surface area contributed by atoms with Crippen LogP contribution in [0.15, 0.2) is 59.4 Å². The van der Waals surface area contributed by atoms with Crippen molar-refractivity contribution in [2.24, 2.45) is 11.8 Å². The number of ether oxygens (including phenoxy) is 1. The van der Waals surface area contributed by atoms with Gasteiger partial charge >= 0.3 is 0 Å². The smallest absolute Gasteiger partial charge is 0.259 e. The first kappa shape index (κ1) is 23.6. The van der Waals surface area contributed by atoms with E-state index in [0.717, 1.165) is 41.1 Å². The maximum absolute atomic E-state index is 13.5. The van der Waals surface area contributed by atoms with E-state index in [1.54, 1.807) is 0 Å². The predicted molar refractivity (Wildman–Crippen MR) is 140 cm³/mol. The molecule has 184 valence electrons. The van der Waals surface area contributed by atoms with Gasteiger partial charge in [-0.1, -0.05) is 51.8 Å². The monoisotopic (exact) mass is 472 g/mol. The lowest BCUT2D eigenvalue weighted by molar-refractivity contribution is 0.0491. The Morgan fingerprint density at radius 1 is 0.971 bits per heavy atom. The van der Waals surface area contributed by atoms with Crippen molar-refractivity contribution >= 4 is 11.6 Å². The molecule has 6 heteroatoms. The zero-order valence-corrected chi connectivity index (χ0v) is 21.3. The summed E-state index contributed by atoms with van der Waals surface area (Å²) in [6.45, 7) is 10.0. The van der Waals surface area contributed by atoms with Gasteiger partial charge in [-0.2, -0.15) is 0 Å². The molecule has 0 bridgehead atoms. The fraction of sp³-hybridized carbons (Fsp3) is 0.448. The van der Waals surface area contributed by atoms with Crippen LogP contribution in [-0.2, 0) is 13.1 Å². The van der Waals surface area contributed by atoms with E-state index >= 15 is 0 Å². The zero-order valence-electron chi connectivity index (χ0n) is 21.3. The Hall–Kier alpha value is -3.12. The third-order valence-electron chi connectivity index (χ3n) is 7.95. The maximum atomic E-state index is 13.5. The number of fused-ring (bicyclic) bond motifs is 1. The normalized spacial score (nSPS) is 22.6. The Bertz CT molecular complexity index is 1220. The third-order valence-corrected chi connectivity index (χ3v) is 7.95. The van der Waals surface area contributed by atoms with Gasteiger partial charge in [-0.25, -0.2) is 4.98 Å². The molecule has 1 aromatic heterocycles.